The summed E-state index contributed by atoms with van der Waals surface area (Å²) in [5.74, 6) is -0.200. The van der Waals surface area contributed by atoms with E-state index < -0.39 is 35.1 Å². The zero-order valence-corrected chi connectivity index (χ0v) is 18.8. The number of benzene rings is 1. The van der Waals surface area contributed by atoms with Crippen molar-refractivity contribution in [1.82, 2.24) is 19.7 Å². The Morgan fingerprint density at radius 2 is 1.72 bits per heavy atom. The molecule has 188 valence electrons. The van der Waals surface area contributed by atoms with Gasteiger partial charge in [0.2, 0.25) is 5.91 Å². The molecule has 3 heterocycles. The van der Waals surface area contributed by atoms with Gasteiger partial charge in [0.15, 0.2) is 11.0 Å². The van der Waals surface area contributed by atoms with Gasteiger partial charge in [0.1, 0.15) is 5.76 Å². The molecule has 0 unspecified atom stereocenters. The minimum atomic E-state index is -5.03. The van der Waals surface area contributed by atoms with Crippen molar-refractivity contribution in [3.63, 3.8) is 0 Å². The second kappa shape index (κ2) is 10.0. The van der Waals surface area contributed by atoms with Gasteiger partial charge in [-0.15, -0.1) is 10.2 Å². The van der Waals surface area contributed by atoms with Crippen LogP contribution in [0.5, 0.6) is 0 Å². The number of furan rings is 1. The van der Waals surface area contributed by atoms with E-state index in [2.05, 4.69) is 20.5 Å². The second-order valence-electron chi connectivity index (χ2n) is 7.34. The molecule has 4 rings (SSSR count). The van der Waals surface area contributed by atoms with E-state index >= 15 is 0 Å². The summed E-state index contributed by atoms with van der Waals surface area (Å²) in [5.41, 5.74) is -3.05. The minimum absolute atomic E-state index is 0.0124. The van der Waals surface area contributed by atoms with Crippen molar-refractivity contribution in [3.8, 4) is 11.4 Å². The molecule has 0 saturated carbocycles. The monoisotopic (exact) mass is 527 g/mol. The van der Waals surface area contributed by atoms with Crippen molar-refractivity contribution in [2.75, 3.05) is 11.1 Å². The topological polar surface area (TPSA) is 85.8 Å². The van der Waals surface area contributed by atoms with Crippen molar-refractivity contribution in [2.24, 2.45) is 0 Å². The lowest BCUT2D eigenvalue weighted by atomic mass is 10.1. The van der Waals surface area contributed by atoms with Gasteiger partial charge in [-0.25, -0.2) is 0 Å². The number of nitrogens with one attached hydrogen (secondary N) is 1. The van der Waals surface area contributed by atoms with Crippen molar-refractivity contribution >= 4 is 23.4 Å². The Morgan fingerprint density at radius 1 is 1.00 bits per heavy atom. The van der Waals surface area contributed by atoms with Crippen LogP contribution in [0.2, 0.25) is 0 Å². The Kier molecular flexibility index (Phi) is 7.06. The van der Waals surface area contributed by atoms with Gasteiger partial charge in [0, 0.05) is 23.6 Å². The van der Waals surface area contributed by atoms with Crippen LogP contribution < -0.4 is 5.32 Å². The van der Waals surface area contributed by atoms with Gasteiger partial charge in [-0.1, -0.05) is 11.8 Å². The van der Waals surface area contributed by atoms with Gasteiger partial charge in [0.05, 0.1) is 29.7 Å². The van der Waals surface area contributed by atoms with Crippen molar-refractivity contribution in [1.29, 1.82) is 0 Å². The molecule has 36 heavy (non-hydrogen) atoms. The lowest BCUT2D eigenvalue weighted by molar-refractivity contribution is -0.143. The van der Waals surface area contributed by atoms with Crippen LogP contribution in [-0.2, 0) is 23.7 Å². The minimum Gasteiger partial charge on any atom is -0.467 e. The van der Waals surface area contributed by atoms with Gasteiger partial charge in [-0.2, -0.15) is 26.3 Å². The van der Waals surface area contributed by atoms with Crippen LogP contribution in [0.1, 0.15) is 16.9 Å². The fourth-order valence-corrected chi connectivity index (χ4v) is 3.90. The molecule has 1 N–H and O–H groups in total. The van der Waals surface area contributed by atoms with Crippen LogP contribution in [0.4, 0.5) is 32.0 Å². The summed E-state index contributed by atoms with van der Waals surface area (Å²) in [6.45, 7) is 0.205. The standard InChI is InChI=1S/C22H15F6N5O2S/c23-21(24,25)14-7-15(22(26,27)28)9-16(8-14)30-18(34)12-36-20-32-31-19(13-3-1-5-29-10-13)33(20)11-17-4-2-6-35-17/h1-10H,11-12H2,(H,30,34). The molecule has 0 radical (unpaired) electrons. The predicted octanol–water partition coefficient (Wildman–Crippen LogP) is 5.75. The van der Waals surface area contributed by atoms with Gasteiger partial charge in [-0.05, 0) is 42.5 Å². The summed E-state index contributed by atoms with van der Waals surface area (Å²) in [6.07, 6.45) is -5.43. The number of alkyl halides is 6. The number of pyridine rings is 1. The lowest BCUT2D eigenvalue weighted by Crippen LogP contribution is -2.17. The predicted molar refractivity (Wildman–Crippen MR) is 117 cm³/mol. The number of anilines is 1. The molecule has 0 spiro atoms. The molecule has 0 aliphatic carbocycles. The average Bonchev–Trinajstić information content (AvgIpc) is 3.47. The molecule has 0 bridgehead atoms. The number of hydrogen-bond acceptors (Lipinski definition) is 6. The van der Waals surface area contributed by atoms with E-state index in [1.165, 1.54) is 6.26 Å². The van der Waals surface area contributed by atoms with E-state index in [9.17, 15) is 31.1 Å². The maximum atomic E-state index is 13.1. The van der Waals surface area contributed by atoms with E-state index in [4.69, 9.17) is 4.42 Å². The van der Waals surface area contributed by atoms with E-state index in [1.54, 1.807) is 41.2 Å². The van der Waals surface area contributed by atoms with E-state index in [0.717, 1.165) is 11.8 Å². The zero-order valence-electron chi connectivity index (χ0n) is 18.0. The van der Waals surface area contributed by atoms with E-state index in [1.807, 2.05) is 0 Å². The summed E-state index contributed by atoms with van der Waals surface area (Å²) in [5, 5.41) is 10.6. The van der Waals surface area contributed by atoms with Gasteiger partial charge < -0.3 is 9.73 Å². The van der Waals surface area contributed by atoms with Gasteiger partial charge >= 0.3 is 12.4 Å². The number of aromatic nitrogens is 4. The third-order valence-electron chi connectivity index (χ3n) is 4.73. The first-order valence-corrected chi connectivity index (χ1v) is 11.1. The second-order valence-corrected chi connectivity index (χ2v) is 8.29. The number of hydrogen-bond donors (Lipinski definition) is 1. The summed E-state index contributed by atoms with van der Waals surface area (Å²) in [7, 11) is 0. The third-order valence-corrected chi connectivity index (χ3v) is 5.70. The summed E-state index contributed by atoms with van der Waals surface area (Å²) >= 11 is 0.902. The van der Waals surface area contributed by atoms with Crippen molar-refractivity contribution in [2.45, 2.75) is 24.1 Å². The number of carbonyl (C=O) groups excluding carboxylic acids is 1. The molecule has 14 heteroatoms. The van der Waals surface area contributed by atoms with Crippen molar-refractivity contribution in [3.05, 3.63) is 78.0 Å². The number of rotatable bonds is 7. The van der Waals surface area contributed by atoms with Crippen LogP contribution in [0.15, 0.2) is 70.7 Å². The van der Waals surface area contributed by atoms with Gasteiger partial charge in [0.25, 0.3) is 0 Å². The highest BCUT2D eigenvalue weighted by Gasteiger charge is 2.37. The molecule has 0 atom stereocenters. The maximum absolute atomic E-state index is 13.1. The number of halogens is 6. The number of amides is 1. The molecule has 0 fully saturated rings. The lowest BCUT2D eigenvalue weighted by Gasteiger charge is -2.14. The zero-order chi connectivity index (χ0) is 25.9. The van der Waals surface area contributed by atoms with Crippen LogP contribution in [-0.4, -0.2) is 31.4 Å². The Balaban J connectivity index is 1.54. The third kappa shape index (κ3) is 6.05. The molecule has 0 aliphatic heterocycles. The maximum Gasteiger partial charge on any atom is 0.416 e. The molecule has 1 amide bonds. The highest BCUT2D eigenvalue weighted by atomic mass is 32.2. The molecular weight excluding hydrogens is 512 g/mol. The molecule has 3 aromatic heterocycles. The Hall–Kier alpha value is -3.81. The smallest absolute Gasteiger partial charge is 0.416 e. The first-order chi connectivity index (χ1) is 17.0. The Morgan fingerprint density at radius 3 is 2.31 bits per heavy atom. The van der Waals surface area contributed by atoms with Crippen LogP contribution >= 0.6 is 11.8 Å². The van der Waals surface area contributed by atoms with E-state index in [-0.39, 0.29) is 23.5 Å². The SMILES string of the molecule is O=C(CSc1nnc(-c2cccnc2)n1Cc1ccco1)Nc1cc(C(F)(F)F)cc(C(F)(F)F)c1. The Labute approximate surface area is 203 Å². The fraction of sp³-hybridized carbons (Fsp3) is 0.182. The molecule has 4 aromatic rings. The molecule has 7 nitrogen and oxygen atoms in total. The van der Waals surface area contributed by atoms with Gasteiger partial charge in [-0.3, -0.25) is 14.3 Å². The highest BCUT2D eigenvalue weighted by molar-refractivity contribution is 7.99. The average molecular weight is 527 g/mol. The normalized spacial score (nSPS) is 12.1. The molecule has 0 aliphatic rings. The summed E-state index contributed by atoms with van der Waals surface area (Å²) in [4.78, 5) is 16.5. The van der Waals surface area contributed by atoms with Crippen LogP contribution in [0.25, 0.3) is 11.4 Å². The first-order valence-electron chi connectivity index (χ1n) is 10.1. The number of nitrogens with zero attached hydrogens (tertiary/aromatic N) is 4. The van der Waals surface area contributed by atoms with Crippen LogP contribution in [0, 0.1) is 0 Å². The van der Waals surface area contributed by atoms with Crippen molar-refractivity contribution < 1.29 is 35.6 Å². The van der Waals surface area contributed by atoms with Crippen LogP contribution in [0.3, 0.4) is 0 Å². The number of carbonyl (C=O) groups is 1. The fourth-order valence-electron chi connectivity index (χ4n) is 3.16. The summed E-state index contributed by atoms with van der Waals surface area (Å²) < 4.78 is 85.4. The highest BCUT2D eigenvalue weighted by Crippen LogP contribution is 2.37. The molecule has 0 saturated heterocycles. The van der Waals surface area contributed by atoms with E-state index in [0.29, 0.717) is 29.3 Å². The molecule has 1 aromatic carbocycles. The summed E-state index contributed by atoms with van der Waals surface area (Å²) in [6, 6.07) is 7.74. The first kappa shape index (κ1) is 25.3. The largest absolute Gasteiger partial charge is 0.467 e. The Bertz CT molecular complexity index is 1310. The molecular formula is C22H15F6N5O2S. The quantitative estimate of drug-likeness (QED) is 0.243. The number of thioether (sulfide) groups is 1.